The lowest BCUT2D eigenvalue weighted by Crippen LogP contribution is -2.46. The predicted molar refractivity (Wildman–Crippen MR) is 99.3 cm³/mol. The standard InChI is InChI=1S/C17H27N3O3S2/c1-12-9-16(13(2)24-12)25(22,23)20-8-4-5-14(11-20)10-19-17(21)15-6-3-7-18-15/h9,14-15,18H,3-8,10-11H2,1-2H3,(H,19,21). The lowest BCUT2D eigenvalue weighted by Gasteiger charge is -2.32. The minimum atomic E-state index is -3.44. The molecule has 2 atom stereocenters. The normalized spacial score (nSPS) is 25.2. The first-order valence-corrected chi connectivity index (χ1v) is 11.2. The number of rotatable bonds is 5. The van der Waals surface area contributed by atoms with Crippen molar-refractivity contribution in [1.29, 1.82) is 0 Å². The number of hydrogen-bond donors (Lipinski definition) is 2. The number of nitrogens with one attached hydrogen (secondary N) is 2. The molecule has 2 aliphatic heterocycles. The van der Waals surface area contributed by atoms with Crippen LogP contribution >= 0.6 is 11.3 Å². The minimum Gasteiger partial charge on any atom is -0.354 e. The van der Waals surface area contributed by atoms with Gasteiger partial charge in [0.05, 0.1) is 10.9 Å². The van der Waals surface area contributed by atoms with Gasteiger partial charge in [-0.3, -0.25) is 4.79 Å². The molecule has 3 rings (SSSR count). The van der Waals surface area contributed by atoms with Crippen molar-refractivity contribution in [2.75, 3.05) is 26.2 Å². The van der Waals surface area contributed by atoms with E-state index in [1.807, 2.05) is 13.8 Å². The fraction of sp³-hybridized carbons (Fsp3) is 0.706. The van der Waals surface area contributed by atoms with Crippen molar-refractivity contribution < 1.29 is 13.2 Å². The first kappa shape index (κ1) is 18.8. The highest BCUT2D eigenvalue weighted by Crippen LogP contribution is 2.30. The van der Waals surface area contributed by atoms with Gasteiger partial charge >= 0.3 is 0 Å². The minimum absolute atomic E-state index is 0.0433. The van der Waals surface area contributed by atoms with Crippen LogP contribution in [-0.4, -0.2) is 50.9 Å². The Hall–Kier alpha value is -0.960. The molecular weight excluding hydrogens is 358 g/mol. The summed E-state index contributed by atoms with van der Waals surface area (Å²) >= 11 is 1.52. The number of amides is 1. The Kier molecular flexibility index (Phi) is 5.82. The molecule has 0 bridgehead atoms. The van der Waals surface area contributed by atoms with E-state index in [0.29, 0.717) is 24.5 Å². The highest BCUT2D eigenvalue weighted by molar-refractivity contribution is 7.89. The number of aryl methyl sites for hydroxylation is 2. The summed E-state index contributed by atoms with van der Waals surface area (Å²) in [7, 11) is -3.44. The average molecular weight is 386 g/mol. The summed E-state index contributed by atoms with van der Waals surface area (Å²) in [5.41, 5.74) is 0. The van der Waals surface area contributed by atoms with Crippen LogP contribution < -0.4 is 10.6 Å². The van der Waals surface area contributed by atoms with Gasteiger partial charge in [0.25, 0.3) is 0 Å². The maximum Gasteiger partial charge on any atom is 0.244 e. The van der Waals surface area contributed by atoms with E-state index >= 15 is 0 Å². The monoisotopic (exact) mass is 385 g/mol. The fourth-order valence-corrected chi connectivity index (χ4v) is 6.77. The van der Waals surface area contributed by atoms with Gasteiger partial charge in [0.15, 0.2) is 0 Å². The number of hydrogen-bond acceptors (Lipinski definition) is 5. The molecule has 2 saturated heterocycles. The molecule has 0 radical (unpaired) electrons. The maximum atomic E-state index is 12.9. The smallest absolute Gasteiger partial charge is 0.244 e. The number of thiophene rings is 1. The van der Waals surface area contributed by atoms with E-state index in [1.165, 1.54) is 11.3 Å². The van der Waals surface area contributed by atoms with E-state index in [2.05, 4.69) is 10.6 Å². The highest BCUT2D eigenvalue weighted by atomic mass is 32.2. The Morgan fingerprint density at radius 2 is 2.16 bits per heavy atom. The van der Waals surface area contributed by atoms with Crippen molar-refractivity contribution in [1.82, 2.24) is 14.9 Å². The van der Waals surface area contributed by atoms with Gasteiger partial charge in [-0.15, -0.1) is 11.3 Å². The van der Waals surface area contributed by atoms with Crippen molar-refractivity contribution in [3.05, 3.63) is 15.8 Å². The van der Waals surface area contributed by atoms with Crippen molar-refractivity contribution >= 4 is 27.3 Å². The van der Waals surface area contributed by atoms with Crippen LogP contribution in [0, 0.1) is 19.8 Å². The molecule has 3 heterocycles. The molecule has 1 aromatic rings. The molecule has 2 unspecified atom stereocenters. The third-order valence-electron chi connectivity index (χ3n) is 5.04. The molecule has 25 heavy (non-hydrogen) atoms. The molecule has 0 spiro atoms. The van der Waals surface area contributed by atoms with Crippen LogP contribution in [0.5, 0.6) is 0 Å². The Morgan fingerprint density at radius 3 is 2.80 bits per heavy atom. The van der Waals surface area contributed by atoms with Gasteiger partial charge in [0.1, 0.15) is 0 Å². The van der Waals surface area contributed by atoms with Crippen LogP contribution in [0.15, 0.2) is 11.0 Å². The van der Waals surface area contributed by atoms with Crippen LogP contribution in [-0.2, 0) is 14.8 Å². The van der Waals surface area contributed by atoms with E-state index < -0.39 is 10.0 Å². The third-order valence-corrected chi connectivity index (χ3v) is 8.12. The van der Waals surface area contributed by atoms with Gasteiger partial charge in [0.2, 0.25) is 15.9 Å². The fourth-order valence-electron chi connectivity index (χ4n) is 3.69. The molecule has 140 valence electrons. The lowest BCUT2D eigenvalue weighted by molar-refractivity contribution is -0.123. The number of nitrogens with zero attached hydrogens (tertiary/aromatic N) is 1. The second kappa shape index (κ2) is 7.73. The van der Waals surface area contributed by atoms with Crippen LogP contribution in [0.2, 0.25) is 0 Å². The maximum absolute atomic E-state index is 12.9. The van der Waals surface area contributed by atoms with Crippen molar-refractivity contribution in [3.63, 3.8) is 0 Å². The zero-order chi connectivity index (χ0) is 18.0. The number of carbonyl (C=O) groups excluding carboxylic acids is 1. The summed E-state index contributed by atoms with van der Waals surface area (Å²) in [4.78, 5) is 14.4. The molecule has 0 aromatic carbocycles. The summed E-state index contributed by atoms with van der Waals surface area (Å²) in [5, 5.41) is 6.19. The Morgan fingerprint density at radius 1 is 1.36 bits per heavy atom. The van der Waals surface area contributed by atoms with Crippen molar-refractivity contribution in [2.45, 2.75) is 50.5 Å². The van der Waals surface area contributed by atoms with Crippen LogP contribution in [0.1, 0.15) is 35.4 Å². The molecule has 0 aliphatic carbocycles. The van der Waals surface area contributed by atoms with E-state index in [9.17, 15) is 13.2 Å². The molecular formula is C17H27N3O3S2. The Balaban J connectivity index is 1.60. The summed E-state index contributed by atoms with van der Waals surface area (Å²) in [6.45, 7) is 6.28. The second-order valence-electron chi connectivity index (χ2n) is 7.04. The molecule has 2 aliphatic rings. The lowest BCUT2D eigenvalue weighted by atomic mass is 9.99. The number of sulfonamides is 1. The van der Waals surface area contributed by atoms with Crippen molar-refractivity contribution in [2.24, 2.45) is 5.92 Å². The van der Waals surface area contributed by atoms with E-state index in [0.717, 1.165) is 42.0 Å². The van der Waals surface area contributed by atoms with Crippen LogP contribution in [0.25, 0.3) is 0 Å². The molecule has 2 fully saturated rings. The molecule has 8 heteroatoms. The zero-order valence-corrected chi connectivity index (χ0v) is 16.5. The van der Waals surface area contributed by atoms with E-state index in [-0.39, 0.29) is 17.9 Å². The summed E-state index contributed by atoms with van der Waals surface area (Å²) < 4.78 is 27.5. The SMILES string of the molecule is Cc1cc(S(=O)(=O)N2CCCC(CNC(=O)C3CCCN3)C2)c(C)s1. The van der Waals surface area contributed by atoms with Gasteiger partial charge in [-0.2, -0.15) is 4.31 Å². The van der Waals surface area contributed by atoms with Gasteiger partial charge in [-0.1, -0.05) is 0 Å². The Labute approximate surface area is 154 Å². The molecule has 1 amide bonds. The first-order chi connectivity index (χ1) is 11.9. The molecule has 1 aromatic heterocycles. The van der Waals surface area contributed by atoms with E-state index in [4.69, 9.17) is 0 Å². The highest BCUT2D eigenvalue weighted by Gasteiger charge is 2.32. The number of carbonyl (C=O) groups is 1. The van der Waals surface area contributed by atoms with E-state index in [1.54, 1.807) is 10.4 Å². The second-order valence-corrected chi connectivity index (χ2v) is 10.4. The summed E-state index contributed by atoms with van der Waals surface area (Å²) in [5.74, 6) is 0.218. The predicted octanol–water partition coefficient (Wildman–Crippen LogP) is 1.63. The first-order valence-electron chi connectivity index (χ1n) is 8.96. The van der Waals surface area contributed by atoms with Crippen molar-refractivity contribution in [3.8, 4) is 0 Å². The molecule has 6 nitrogen and oxygen atoms in total. The van der Waals surface area contributed by atoms with Gasteiger partial charge in [-0.05, 0) is 58.1 Å². The zero-order valence-electron chi connectivity index (χ0n) is 14.9. The number of piperidine rings is 1. The third kappa shape index (κ3) is 4.24. The van der Waals surface area contributed by atoms with Gasteiger partial charge < -0.3 is 10.6 Å². The average Bonchev–Trinajstić information content (AvgIpc) is 3.22. The molecule has 2 N–H and O–H groups in total. The summed E-state index contributed by atoms with van der Waals surface area (Å²) in [6, 6.07) is 1.69. The largest absolute Gasteiger partial charge is 0.354 e. The van der Waals surface area contributed by atoms with Gasteiger partial charge in [-0.25, -0.2) is 8.42 Å². The summed E-state index contributed by atoms with van der Waals surface area (Å²) in [6.07, 6.45) is 3.70. The topological polar surface area (TPSA) is 78.5 Å². The quantitative estimate of drug-likeness (QED) is 0.808. The van der Waals surface area contributed by atoms with Crippen LogP contribution in [0.3, 0.4) is 0 Å². The van der Waals surface area contributed by atoms with Crippen LogP contribution in [0.4, 0.5) is 0 Å². The van der Waals surface area contributed by atoms with Gasteiger partial charge in [0, 0.05) is 29.4 Å². The Bertz CT molecular complexity index is 723. The molecule has 0 saturated carbocycles.